The van der Waals surface area contributed by atoms with Gasteiger partial charge in [-0.15, -0.1) is 0 Å². The first kappa shape index (κ1) is 19.8. The Labute approximate surface area is 170 Å². The van der Waals surface area contributed by atoms with E-state index in [0.29, 0.717) is 34.1 Å². The van der Waals surface area contributed by atoms with Crippen molar-refractivity contribution in [1.82, 2.24) is 0 Å². The number of esters is 1. The number of carbonyl (C=O) groups is 1. The van der Waals surface area contributed by atoms with Crippen LogP contribution in [0.25, 0.3) is 6.08 Å². The van der Waals surface area contributed by atoms with E-state index in [1.807, 2.05) is 6.07 Å². The standard InChI is InChI=1S/C20H18BrNO6/c1-24-15-8-6-12(21)10-13(15)19-22-14(20(23)28-19)9-11-5-7-16(25-2)18(27-4)17(11)26-3/h5-10H,1-4H3/b14-9+. The quantitative estimate of drug-likeness (QED) is 0.494. The molecule has 0 saturated carbocycles. The van der Waals surface area contributed by atoms with E-state index in [-0.39, 0.29) is 11.6 Å². The summed E-state index contributed by atoms with van der Waals surface area (Å²) in [6.07, 6.45) is 1.57. The Kier molecular flexibility index (Phi) is 5.89. The molecule has 2 aromatic carbocycles. The third-order valence-corrected chi connectivity index (χ3v) is 4.53. The van der Waals surface area contributed by atoms with Crippen LogP contribution < -0.4 is 18.9 Å². The number of halogens is 1. The lowest BCUT2D eigenvalue weighted by Crippen LogP contribution is -2.07. The van der Waals surface area contributed by atoms with Gasteiger partial charge in [0.2, 0.25) is 11.6 Å². The molecule has 7 nitrogen and oxygen atoms in total. The van der Waals surface area contributed by atoms with E-state index in [0.717, 1.165) is 4.47 Å². The summed E-state index contributed by atoms with van der Waals surface area (Å²) >= 11 is 3.40. The number of cyclic esters (lactones) is 1. The predicted octanol–water partition coefficient (Wildman–Crippen LogP) is 3.83. The normalized spacial score (nSPS) is 14.5. The van der Waals surface area contributed by atoms with Gasteiger partial charge in [0.1, 0.15) is 5.75 Å². The zero-order chi connectivity index (χ0) is 20.3. The van der Waals surface area contributed by atoms with Crippen molar-refractivity contribution in [3.05, 3.63) is 51.6 Å². The van der Waals surface area contributed by atoms with Crippen LogP contribution >= 0.6 is 15.9 Å². The maximum absolute atomic E-state index is 12.4. The van der Waals surface area contributed by atoms with Crippen LogP contribution in [0.2, 0.25) is 0 Å². The van der Waals surface area contributed by atoms with Gasteiger partial charge in [-0.1, -0.05) is 15.9 Å². The molecule has 0 aliphatic carbocycles. The second-order valence-electron chi connectivity index (χ2n) is 5.60. The van der Waals surface area contributed by atoms with Crippen LogP contribution in [0.4, 0.5) is 0 Å². The molecule has 146 valence electrons. The number of carbonyl (C=O) groups excluding carboxylic acids is 1. The Morgan fingerprint density at radius 1 is 0.929 bits per heavy atom. The van der Waals surface area contributed by atoms with Crippen molar-refractivity contribution in [3.63, 3.8) is 0 Å². The Balaban J connectivity index is 2.07. The summed E-state index contributed by atoms with van der Waals surface area (Å²) in [4.78, 5) is 16.7. The average molecular weight is 448 g/mol. The zero-order valence-electron chi connectivity index (χ0n) is 15.7. The molecule has 0 bridgehead atoms. The Hall–Kier alpha value is -3.00. The molecule has 3 rings (SSSR count). The molecule has 0 aromatic heterocycles. The van der Waals surface area contributed by atoms with Crippen LogP contribution in [0, 0.1) is 0 Å². The first-order valence-corrected chi connectivity index (χ1v) is 8.97. The third-order valence-electron chi connectivity index (χ3n) is 4.04. The number of benzene rings is 2. The van der Waals surface area contributed by atoms with E-state index >= 15 is 0 Å². The molecule has 28 heavy (non-hydrogen) atoms. The van der Waals surface area contributed by atoms with E-state index in [9.17, 15) is 4.79 Å². The minimum absolute atomic E-state index is 0.127. The minimum Gasteiger partial charge on any atom is -0.496 e. The number of hydrogen-bond donors (Lipinski definition) is 0. The minimum atomic E-state index is -0.575. The lowest BCUT2D eigenvalue weighted by atomic mass is 10.1. The molecule has 2 aromatic rings. The van der Waals surface area contributed by atoms with Gasteiger partial charge in [0, 0.05) is 10.0 Å². The Bertz CT molecular complexity index is 983. The SMILES string of the molecule is COc1ccc(Br)cc1C1=N/C(=C/c2ccc(OC)c(OC)c2OC)C(=O)O1. The number of nitrogens with zero attached hydrogens (tertiary/aromatic N) is 1. The van der Waals surface area contributed by atoms with Crippen molar-refractivity contribution >= 4 is 33.9 Å². The number of hydrogen-bond acceptors (Lipinski definition) is 7. The van der Waals surface area contributed by atoms with E-state index in [4.69, 9.17) is 23.7 Å². The van der Waals surface area contributed by atoms with E-state index in [2.05, 4.69) is 20.9 Å². The van der Waals surface area contributed by atoms with Gasteiger partial charge in [0.15, 0.2) is 17.2 Å². The van der Waals surface area contributed by atoms with Gasteiger partial charge in [-0.05, 0) is 36.4 Å². The molecule has 8 heteroatoms. The zero-order valence-corrected chi connectivity index (χ0v) is 17.3. The second kappa shape index (κ2) is 8.35. The van der Waals surface area contributed by atoms with Crippen molar-refractivity contribution in [3.8, 4) is 23.0 Å². The van der Waals surface area contributed by atoms with Crippen molar-refractivity contribution < 1.29 is 28.5 Å². The van der Waals surface area contributed by atoms with E-state index in [1.165, 1.54) is 28.4 Å². The first-order chi connectivity index (χ1) is 13.5. The summed E-state index contributed by atoms with van der Waals surface area (Å²) in [6, 6.07) is 8.81. The van der Waals surface area contributed by atoms with Crippen molar-refractivity contribution in [2.24, 2.45) is 4.99 Å². The van der Waals surface area contributed by atoms with Gasteiger partial charge in [-0.2, -0.15) is 0 Å². The lowest BCUT2D eigenvalue weighted by molar-refractivity contribution is -0.129. The molecule has 1 heterocycles. The van der Waals surface area contributed by atoms with Gasteiger partial charge in [0.25, 0.3) is 0 Å². The first-order valence-electron chi connectivity index (χ1n) is 8.17. The molecule has 1 aliphatic rings. The predicted molar refractivity (Wildman–Crippen MR) is 107 cm³/mol. The molecular weight excluding hydrogens is 430 g/mol. The van der Waals surface area contributed by atoms with Crippen LogP contribution in [-0.4, -0.2) is 40.3 Å². The monoisotopic (exact) mass is 447 g/mol. The molecule has 1 aliphatic heterocycles. The molecule has 0 unspecified atom stereocenters. The molecule has 0 N–H and O–H groups in total. The Morgan fingerprint density at radius 2 is 1.61 bits per heavy atom. The number of methoxy groups -OCH3 is 4. The topological polar surface area (TPSA) is 75.6 Å². The molecular formula is C20H18BrNO6. The van der Waals surface area contributed by atoms with Gasteiger partial charge in [-0.3, -0.25) is 0 Å². The molecule has 0 atom stereocenters. The van der Waals surface area contributed by atoms with Crippen LogP contribution in [-0.2, 0) is 9.53 Å². The fourth-order valence-electron chi connectivity index (χ4n) is 2.76. The highest BCUT2D eigenvalue weighted by Gasteiger charge is 2.27. The number of ether oxygens (including phenoxy) is 5. The lowest BCUT2D eigenvalue weighted by Gasteiger charge is -2.14. The maximum atomic E-state index is 12.4. The van der Waals surface area contributed by atoms with Crippen molar-refractivity contribution in [2.75, 3.05) is 28.4 Å². The van der Waals surface area contributed by atoms with E-state index in [1.54, 1.807) is 30.3 Å². The number of aliphatic imine (C=N–C) groups is 1. The summed E-state index contributed by atoms with van der Waals surface area (Å²) in [5.74, 6) is 1.48. The largest absolute Gasteiger partial charge is 0.496 e. The average Bonchev–Trinajstić information content (AvgIpc) is 3.07. The highest BCUT2D eigenvalue weighted by Crippen LogP contribution is 2.41. The maximum Gasteiger partial charge on any atom is 0.363 e. The van der Waals surface area contributed by atoms with Gasteiger partial charge >= 0.3 is 5.97 Å². The van der Waals surface area contributed by atoms with Gasteiger partial charge in [-0.25, -0.2) is 9.79 Å². The second-order valence-corrected chi connectivity index (χ2v) is 6.52. The van der Waals surface area contributed by atoms with Crippen molar-refractivity contribution in [2.45, 2.75) is 0 Å². The fraction of sp³-hybridized carbons (Fsp3) is 0.200. The number of rotatable bonds is 6. The third kappa shape index (κ3) is 3.68. The summed E-state index contributed by atoms with van der Waals surface area (Å²) < 4.78 is 27.6. The van der Waals surface area contributed by atoms with Crippen LogP contribution in [0.5, 0.6) is 23.0 Å². The highest BCUT2D eigenvalue weighted by atomic mass is 79.9. The van der Waals surface area contributed by atoms with Gasteiger partial charge < -0.3 is 23.7 Å². The summed E-state index contributed by atoms with van der Waals surface area (Å²) in [6.45, 7) is 0. The summed E-state index contributed by atoms with van der Waals surface area (Å²) in [7, 11) is 6.09. The van der Waals surface area contributed by atoms with Crippen LogP contribution in [0.1, 0.15) is 11.1 Å². The molecule has 0 fully saturated rings. The smallest absolute Gasteiger partial charge is 0.363 e. The molecule has 0 radical (unpaired) electrons. The fourth-order valence-corrected chi connectivity index (χ4v) is 3.12. The van der Waals surface area contributed by atoms with Crippen LogP contribution in [0.3, 0.4) is 0 Å². The highest BCUT2D eigenvalue weighted by molar-refractivity contribution is 9.10. The van der Waals surface area contributed by atoms with Crippen LogP contribution in [0.15, 0.2) is 45.5 Å². The Morgan fingerprint density at radius 3 is 2.25 bits per heavy atom. The summed E-state index contributed by atoms with van der Waals surface area (Å²) in [5.41, 5.74) is 1.29. The van der Waals surface area contributed by atoms with Gasteiger partial charge in [0.05, 0.1) is 34.0 Å². The molecule has 0 saturated heterocycles. The molecule has 0 amide bonds. The van der Waals surface area contributed by atoms with E-state index < -0.39 is 5.97 Å². The van der Waals surface area contributed by atoms with Crippen molar-refractivity contribution in [1.29, 1.82) is 0 Å². The summed E-state index contributed by atoms with van der Waals surface area (Å²) in [5, 5.41) is 0. The molecule has 0 spiro atoms.